The second-order valence-electron chi connectivity index (χ2n) is 7.72. The summed E-state index contributed by atoms with van der Waals surface area (Å²) in [6, 6.07) is 12.9. The highest BCUT2D eigenvalue weighted by atomic mass is 35.5. The highest BCUT2D eigenvalue weighted by Gasteiger charge is 2.29. The van der Waals surface area contributed by atoms with Crippen LogP contribution in [-0.2, 0) is 26.1 Å². The topological polar surface area (TPSA) is 111 Å². The molecule has 0 aliphatic heterocycles. The molecule has 0 aliphatic carbocycles. The number of rotatable bonds is 10. The number of amides is 1. The SMILES string of the molecule is COC(=O)c1cc(OC)c(OC)cc1NC(=O)CN(Cc1c(Cl)cccc1Cl)S(=O)(=O)c1ccc(Cl)cc1. The molecular weight excluding hydrogens is 579 g/mol. The summed E-state index contributed by atoms with van der Waals surface area (Å²) >= 11 is 18.5. The van der Waals surface area contributed by atoms with Crippen molar-refractivity contribution in [2.24, 2.45) is 0 Å². The van der Waals surface area contributed by atoms with Gasteiger partial charge in [-0.1, -0.05) is 40.9 Å². The Morgan fingerprint density at radius 1 is 0.895 bits per heavy atom. The van der Waals surface area contributed by atoms with Gasteiger partial charge in [0.15, 0.2) is 11.5 Å². The van der Waals surface area contributed by atoms with Crippen LogP contribution in [0.15, 0.2) is 59.5 Å². The molecule has 3 aromatic carbocycles. The second-order valence-corrected chi connectivity index (χ2v) is 10.9. The van der Waals surface area contributed by atoms with E-state index in [9.17, 15) is 18.0 Å². The van der Waals surface area contributed by atoms with Crippen molar-refractivity contribution in [1.82, 2.24) is 4.31 Å². The average Bonchev–Trinajstić information content (AvgIpc) is 2.89. The summed E-state index contributed by atoms with van der Waals surface area (Å²) in [5, 5.41) is 3.35. The lowest BCUT2D eigenvalue weighted by Gasteiger charge is -2.23. The van der Waals surface area contributed by atoms with Crippen LogP contribution in [0.5, 0.6) is 11.5 Å². The fourth-order valence-electron chi connectivity index (χ4n) is 3.45. The first-order valence-electron chi connectivity index (χ1n) is 10.8. The van der Waals surface area contributed by atoms with E-state index in [0.717, 1.165) is 4.31 Å². The van der Waals surface area contributed by atoms with Crippen LogP contribution in [0.1, 0.15) is 15.9 Å². The Balaban J connectivity index is 2.01. The third-order valence-electron chi connectivity index (χ3n) is 5.37. The maximum atomic E-state index is 13.6. The average molecular weight is 602 g/mol. The van der Waals surface area contributed by atoms with E-state index in [-0.39, 0.29) is 44.2 Å². The van der Waals surface area contributed by atoms with Crippen LogP contribution in [0.4, 0.5) is 5.69 Å². The number of hydrogen-bond acceptors (Lipinski definition) is 7. The molecule has 9 nitrogen and oxygen atoms in total. The number of nitrogens with one attached hydrogen (secondary N) is 1. The molecule has 13 heteroatoms. The molecule has 3 aromatic rings. The zero-order chi connectivity index (χ0) is 28.0. The minimum Gasteiger partial charge on any atom is -0.493 e. The first-order chi connectivity index (χ1) is 18.0. The smallest absolute Gasteiger partial charge is 0.340 e. The lowest BCUT2D eigenvalue weighted by atomic mass is 10.1. The number of sulfonamides is 1. The lowest BCUT2D eigenvalue weighted by Crippen LogP contribution is -2.38. The van der Waals surface area contributed by atoms with Gasteiger partial charge >= 0.3 is 5.97 Å². The van der Waals surface area contributed by atoms with Gasteiger partial charge in [-0.25, -0.2) is 13.2 Å². The Hall–Kier alpha value is -3.02. The molecule has 1 amide bonds. The zero-order valence-corrected chi connectivity index (χ0v) is 23.5. The Morgan fingerprint density at radius 2 is 1.47 bits per heavy atom. The number of methoxy groups -OCH3 is 3. The minimum atomic E-state index is -4.23. The number of hydrogen-bond donors (Lipinski definition) is 1. The van der Waals surface area contributed by atoms with E-state index in [1.165, 1.54) is 57.7 Å². The Bertz CT molecular complexity index is 1430. The van der Waals surface area contributed by atoms with Gasteiger partial charge in [-0.3, -0.25) is 4.79 Å². The van der Waals surface area contributed by atoms with E-state index in [0.29, 0.717) is 10.6 Å². The van der Waals surface area contributed by atoms with Gasteiger partial charge in [-0.2, -0.15) is 4.31 Å². The third kappa shape index (κ3) is 6.69. The van der Waals surface area contributed by atoms with E-state index < -0.39 is 28.4 Å². The summed E-state index contributed by atoms with van der Waals surface area (Å²) in [5.74, 6) is -1.06. The van der Waals surface area contributed by atoms with Crippen LogP contribution < -0.4 is 14.8 Å². The number of nitrogens with zero attached hydrogens (tertiary/aromatic N) is 1. The molecule has 3 rings (SSSR count). The van der Waals surface area contributed by atoms with Crippen molar-refractivity contribution < 1.29 is 32.2 Å². The fraction of sp³-hybridized carbons (Fsp3) is 0.200. The number of carbonyl (C=O) groups excluding carboxylic acids is 2. The standard InChI is InChI=1S/C25H23Cl3N2O7S/c1-35-22-11-17(25(32)37-3)21(12-23(22)36-2)29-24(31)14-30(13-18-19(27)5-4-6-20(18)28)38(33,34)16-9-7-15(26)8-10-16/h4-12H,13-14H2,1-3H3,(H,29,31). The quantitative estimate of drug-likeness (QED) is 0.315. The van der Waals surface area contributed by atoms with Crippen LogP contribution >= 0.6 is 34.8 Å². The number of halogens is 3. The van der Waals surface area contributed by atoms with Crippen molar-refractivity contribution in [1.29, 1.82) is 0 Å². The van der Waals surface area contributed by atoms with Crippen LogP contribution in [0.25, 0.3) is 0 Å². The maximum Gasteiger partial charge on any atom is 0.340 e. The Kier molecular flexibility index (Phi) is 9.86. The summed E-state index contributed by atoms with van der Waals surface area (Å²) in [6.45, 7) is -0.964. The summed E-state index contributed by atoms with van der Waals surface area (Å²) < 4.78 is 43.3. The summed E-state index contributed by atoms with van der Waals surface area (Å²) in [6.07, 6.45) is 0. The normalized spacial score (nSPS) is 11.2. The Morgan fingerprint density at radius 3 is 2.03 bits per heavy atom. The first kappa shape index (κ1) is 29.5. The molecule has 0 saturated heterocycles. The molecule has 0 aliphatic rings. The van der Waals surface area contributed by atoms with Crippen LogP contribution in [0.3, 0.4) is 0 Å². The molecule has 38 heavy (non-hydrogen) atoms. The van der Waals surface area contributed by atoms with Crippen molar-refractivity contribution in [2.75, 3.05) is 33.2 Å². The van der Waals surface area contributed by atoms with Gasteiger partial charge in [0.05, 0.1) is 44.0 Å². The van der Waals surface area contributed by atoms with E-state index in [1.54, 1.807) is 18.2 Å². The second kappa shape index (κ2) is 12.7. The van der Waals surface area contributed by atoms with Crippen molar-refractivity contribution >= 4 is 62.4 Å². The third-order valence-corrected chi connectivity index (χ3v) is 8.14. The summed E-state index contributed by atoms with van der Waals surface area (Å²) in [4.78, 5) is 25.5. The monoisotopic (exact) mass is 600 g/mol. The van der Waals surface area contributed by atoms with Crippen LogP contribution in [0.2, 0.25) is 15.1 Å². The molecule has 0 radical (unpaired) electrons. The predicted octanol–water partition coefficient (Wildman–Crippen LogP) is 5.28. The highest BCUT2D eigenvalue weighted by Crippen LogP contribution is 2.34. The highest BCUT2D eigenvalue weighted by molar-refractivity contribution is 7.89. The van der Waals surface area contributed by atoms with Gasteiger partial charge < -0.3 is 19.5 Å². The first-order valence-corrected chi connectivity index (χ1v) is 13.4. The van der Waals surface area contributed by atoms with E-state index in [1.807, 2.05) is 0 Å². The number of esters is 1. The van der Waals surface area contributed by atoms with Gasteiger partial charge in [0, 0.05) is 39.3 Å². The van der Waals surface area contributed by atoms with Crippen LogP contribution in [0, 0.1) is 0 Å². The molecule has 202 valence electrons. The molecule has 0 fully saturated rings. The van der Waals surface area contributed by atoms with E-state index in [4.69, 9.17) is 49.0 Å². The van der Waals surface area contributed by atoms with Gasteiger partial charge in [-0.15, -0.1) is 0 Å². The van der Waals surface area contributed by atoms with E-state index >= 15 is 0 Å². The molecular formula is C25H23Cl3N2O7S. The van der Waals surface area contributed by atoms with Crippen molar-refractivity contribution in [3.8, 4) is 11.5 Å². The Labute approximate surface area is 235 Å². The summed E-state index contributed by atoms with van der Waals surface area (Å²) in [5.41, 5.74) is 0.307. The van der Waals surface area contributed by atoms with Gasteiger partial charge in [0.25, 0.3) is 0 Å². The van der Waals surface area contributed by atoms with E-state index in [2.05, 4.69) is 5.32 Å². The number of anilines is 1. The van der Waals surface area contributed by atoms with Crippen molar-refractivity contribution in [2.45, 2.75) is 11.4 Å². The number of benzene rings is 3. The van der Waals surface area contributed by atoms with Gasteiger partial charge in [-0.05, 0) is 36.4 Å². The molecule has 0 bridgehead atoms. The largest absolute Gasteiger partial charge is 0.493 e. The van der Waals surface area contributed by atoms with Crippen LogP contribution in [-0.4, -0.2) is 52.5 Å². The van der Waals surface area contributed by atoms with Crippen molar-refractivity contribution in [3.63, 3.8) is 0 Å². The maximum absolute atomic E-state index is 13.6. The zero-order valence-electron chi connectivity index (χ0n) is 20.5. The molecule has 1 N–H and O–H groups in total. The minimum absolute atomic E-state index is 0.0270. The lowest BCUT2D eigenvalue weighted by molar-refractivity contribution is -0.116. The molecule has 0 unspecified atom stereocenters. The molecule has 0 aromatic heterocycles. The fourth-order valence-corrected chi connectivity index (χ4v) is 5.46. The molecule has 0 atom stereocenters. The summed E-state index contributed by atoms with van der Waals surface area (Å²) in [7, 11) is -0.283. The number of ether oxygens (including phenoxy) is 3. The molecule has 0 spiro atoms. The number of carbonyl (C=O) groups is 2. The molecule has 0 saturated carbocycles. The van der Waals surface area contributed by atoms with Gasteiger partial charge in [0.1, 0.15) is 0 Å². The van der Waals surface area contributed by atoms with Gasteiger partial charge in [0.2, 0.25) is 15.9 Å². The predicted molar refractivity (Wildman–Crippen MR) is 145 cm³/mol. The molecule has 0 heterocycles. The van der Waals surface area contributed by atoms with Crippen molar-refractivity contribution in [3.05, 3.63) is 80.8 Å².